The molecule has 12 rings (SSSR count). The fraction of sp³-hybridized carbons (Fsp3) is 0.0169. The molecule has 0 radical (unpaired) electrons. The van der Waals surface area contributed by atoms with Gasteiger partial charge in [0.1, 0.15) is 0 Å². The fourth-order valence-electron chi connectivity index (χ4n) is 9.77. The van der Waals surface area contributed by atoms with E-state index in [-0.39, 0.29) is 0 Å². The maximum Gasteiger partial charge on any atom is 0.160 e. The molecular formula is C59H38N2S. The van der Waals surface area contributed by atoms with Gasteiger partial charge in [0.2, 0.25) is 0 Å². The van der Waals surface area contributed by atoms with Crippen molar-refractivity contribution >= 4 is 31.5 Å². The first-order valence-electron chi connectivity index (χ1n) is 21.1. The zero-order valence-corrected chi connectivity index (χ0v) is 34.6. The molecule has 0 N–H and O–H groups in total. The van der Waals surface area contributed by atoms with E-state index in [4.69, 9.17) is 9.97 Å². The van der Waals surface area contributed by atoms with Crippen LogP contribution in [0.15, 0.2) is 231 Å². The van der Waals surface area contributed by atoms with Crippen molar-refractivity contribution in [1.82, 2.24) is 9.97 Å². The Hall–Kier alpha value is -7.72. The van der Waals surface area contributed by atoms with Gasteiger partial charge < -0.3 is 0 Å². The Labute approximate surface area is 365 Å². The second-order valence-corrected chi connectivity index (χ2v) is 17.1. The Kier molecular flexibility index (Phi) is 8.62. The summed E-state index contributed by atoms with van der Waals surface area (Å²) in [7, 11) is 0. The van der Waals surface area contributed by atoms with Gasteiger partial charge in [-0.25, -0.2) is 9.97 Å². The van der Waals surface area contributed by atoms with Gasteiger partial charge in [-0.3, -0.25) is 0 Å². The molecule has 0 unspecified atom stereocenters. The molecule has 0 fully saturated rings. The van der Waals surface area contributed by atoms with Crippen LogP contribution in [-0.2, 0) is 5.41 Å². The van der Waals surface area contributed by atoms with Crippen LogP contribution in [0.1, 0.15) is 22.3 Å². The Morgan fingerprint density at radius 2 is 0.839 bits per heavy atom. The molecule has 1 aliphatic carbocycles. The van der Waals surface area contributed by atoms with Crippen LogP contribution < -0.4 is 0 Å². The van der Waals surface area contributed by atoms with Gasteiger partial charge in [-0.2, -0.15) is 0 Å². The average molecular weight is 807 g/mol. The second kappa shape index (κ2) is 14.8. The number of fused-ring (bicyclic) bond motifs is 6. The third-order valence-electron chi connectivity index (χ3n) is 12.6. The maximum absolute atomic E-state index is 5.35. The number of thiophene rings is 1. The second-order valence-electron chi connectivity index (χ2n) is 16.1. The summed E-state index contributed by atoms with van der Waals surface area (Å²) in [6.07, 6.45) is 0. The molecule has 2 heterocycles. The normalized spacial score (nSPS) is 12.6. The van der Waals surface area contributed by atoms with Crippen molar-refractivity contribution < 1.29 is 0 Å². The topological polar surface area (TPSA) is 25.8 Å². The first-order valence-corrected chi connectivity index (χ1v) is 22.0. The van der Waals surface area contributed by atoms with E-state index in [2.05, 4.69) is 224 Å². The number of nitrogens with zero attached hydrogens (tertiary/aromatic N) is 2. The number of hydrogen-bond donors (Lipinski definition) is 0. The summed E-state index contributed by atoms with van der Waals surface area (Å²) in [5.41, 5.74) is 16.5. The van der Waals surface area contributed by atoms with E-state index in [1.54, 1.807) is 0 Å². The number of rotatable bonds is 7. The Bertz CT molecular complexity index is 3410. The molecular weight excluding hydrogens is 769 g/mol. The van der Waals surface area contributed by atoms with Crippen LogP contribution in [-0.4, -0.2) is 9.97 Å². The molecule has 2 aromatic heterocycles. The molecule has 3 heteroatoms. The average Bonchev–Trinajstić information content (AvgIpc) is 3.88. The van der Waals surface area contributed by atoms with Gasteiger partial charge in [0, 0.05) is 36.9 Å². The van der Waals surface area contributed by atoms with Gasteiger partial charge in [0.25, 0.3) is 0 Å². The van der Waals surface area contributed by atoms with Crippen LogP contribution in [0.3, 0.4) is 0 Å². The highest BCUT2D eigenvalue weighted by molar-refractivity contribution is 7.25. The Morgan fingerprint density at radius 3 is 1.55 bits per heavy atom. The molecule has 0 bridgehead atoms. The zero-order valence-electron chi connectivity index (χ0n) is 33.7. The van der Waals surface area contributed by atoms with Crippen LogP contribution in [0.25, 0.3) is 87.5 Å². The van der Waals surface area contributed by atoms with E-state index in [9.17, 15) is 0 Å². The quantitative estimate of drug-likeness (QED) is 0.160. The zero-order chi connectivity index (χ0) is 41.0. The van der Waals surface area contributed by atoms with E-state index in [0.717, 1.165) is 39.2 Å². The molecule has 0 amide bonds. The lowest BCUT2D eigenvalue weighted by Crippen LogP contribution is -2.28. The standard InChI is InChI=1S/C59H38N2S/c1-5-17-39(18-6-1)50-36-42(29-32-46(50)41-31-34-57-51(35-41)49-26-14-16-28-56(49)62-57)54-38-55(61-58(60-54)40-19-7-2-8-20-40)43-30-33-48-47-25-13-15-27-52(47)59(53(48)37-43,44-21-9-3-10-22-44)45-23-11-4-12-24-45/h1-38H. The first kappa shape index (κ1) is 36.2. The predicted molar refractivity (Wildman–Crippen MR) is 259 cm³/mol. The highest BCUT2D eigenvalue weighted by atomic mass is 32.1. The van der Waals surface area contributed by atoms with Crippen molar-refractivity contribution in [1.29, 1.82) is 0 Å². The van der Waals surface area contributed by atoms with Crippen molar-refractivity contribution in [2.45, 2.75) is 5.41 Å². The number of benzene rings is 9. The summed E-state index contributed by atoms with van der Waals surface area (Å²) in [6.45, 7) is 0. The monoisotopic (exact) mass is 806 g/mol. The third kappa shape index (κ3) is 5.85. The van der Waals surface area contributed by atoms with Crippen LogP contribution in [0.2, 0.25) is 0 Å². The van der Waals surface area contributed by atoms with Gasteiger partial charge in [-0.05, 0) is 92.0 Å². The lowest BCUT2D eigenvalue weighted by Gasteiger charge is -2.34. The van der Waals surface area contributed by atoms with Crippen molar-refractivity contribution in [3.8, 4) is 67.3 Å². The lowest BCUT2D eigenvalue weighted by molar-refractivity contribution is 0.768. The summed E-state index contributed by atoms with van der Waals surface area (Å²) >= 11 is 1.85. The van der Waals surface area contributed by atoms with Crippen LogP contribution in [0.4, 0.5) is 0 Å². The molecule has 62 heavy (non-hydrogen) atoms. The molecule has 290 valence electrons. The van der Waals surface area contributed by atoms with Crippen molar-refractivity contribution in [3.63, 3.8) is 0 Å². The van der Waals surface area contributed by atoms with E-state index >= 15 is 0 Å². The smallest absolute Gasteiger partial charge is 0.160 e. The van der Waals surface area contributed by atoms with Gasteiger partial charge in [0.15, 0.2) is 5.82 Å². The van der Waals surface area contributed by atoms with Crippen LogP contribution in [0.5, 0.6) is 0 Å². The van der Waals surface area contributed by atoms with Crippen LogP contribution >= 0.6 is 11.3 Å². The largest absolute Gasteiger partial charge is 0.228 e. The summed E-state index contributed by atoms with van der Waals surface area (Å²) in [5.74, 6) is 0.694. The maximum atomic E-state index is 5.35. The van der Waals surface area contributed by atoms with Crippen LogP contribution in [0, 0.1) is 0 Å². The minimum Gasteiger partial charge on any atom is -0.228 e. The molecule has 0 aliphatic heterocycles. The summed E-state index contributed by atoms with van der Waals surface area (Å²) in [6, 6.07) is 83.5. The third-order valence-corrected chi connectivity index (χ3v) is 13.8. The van der Waals surface area contributed by atoms with Crippen molar-refractivity contribution in [2.75, 3.05) is 0 Å². The summed E-state index contributed by atoms with van der Waals surface area (Å²) < 4.78 is 2.61. The van der Waals surface area contributed by atoms with Gasteiger partial charge >= 0.3 is 0 Å². The molecule has 9 aromatic carbocycles. The highest BCUT2D eigenvalue weighted by Gasteiger charge is 2.46. The summed E-state index contributed by atoms with van der Waals surface area (Å²) in [5, 5.41) is 2.59. The van der Waals surface area contributed by atoms with E-state index in [0.29, 0.717) is 5.82 Å². The fourth-order valence-corrected chi connectivity index (χ4v) is 10.9. The van der Waals surface area contributed by atoms with E-state index < -0.39 is 5.41 Å². The molecule has 0 saturated carbocycles. The van der Waals surface area contributed by atoms with Crippen molar-refractivity contribution in [3.05, 3.63) is 253 Å². The van der Waals surface area contributed by atoms with E-state index in [1.165, 1.54) is 64.7 Å². The summed E-state index contributed by atoms with van der Waals surface area (Å²) in [4.78, 5) is 10.7. The number of hydrogen-bond acceptors (Lipinski definition) is 3. The van der Waals surface area contributed by atoms with Gasteiger partial charge in [-0.15, -0.1) is 11.3 Å². The molecule has 2 nitrogen and oxygen atoms in total. The van der Waals surface area contributed by atoms with Gasteiger partial charge in [0.05, 0.1) is 16.8 Å². The molecule has 0 saturated heterocycles. The predicted octanol–water partition coefficient (Wildman–Crippen LogP) is 15.5. The lowest BCUT2D eigenvalue weighted by atomic mass is 9.67. The molecule has 1 aliphatic rings. The highest BCUT2D eigenvalue weighted by Crippen LogP contribution is 2.56. The first-order chi connectivity index (χ1) is 30.7. The molecule has 0 spiro atoms. The van der Waals surface area contributed by atoms with Gasteiger partial charge in [-0.1, -0.05) is 194 Å². The Balaban J connectivity index is 1.06. The number of aromatic nitrogens is 2. The molecule has 11 aromatic rings. The minimum atomic E-state index is -0.513. The SMILES string of the molecule is c1ccc(-c2nc(-c3ccc(-c4ccc5sc6ccccc6c5c4)c(-c4ccccc4)c3)cc(-c3ccc4c(c3)C(c3ccccc3)(c3ccccc3)c3ccccc3-4)n2)cc1. The Morgan fingerprint density at radius 1 is 0.306 bits per heavy atom. The van der Waals surface area contributed by atoms with E-state index in [1.807, 2.05) is 17.4 Å². The van der Waals surface area contributed by atoms with Crippen molar-refractivity contribution in [2.24, 2.45) is 0 Å². The minimum absolute atomic E-state index is 0.513. The molecule has 0 atom stereocenters.